The third kappa shape index (κ3) is 3.01. The molecule has 4 aromatic rings. The van der Waals surface area contributed by atoms with Gasteiger partial charge >= 0.3 is 0 Å². The molecule has 0 spiro atoms. The molecule has 31 heavy (non-hydrogen) atoms. The predicted molar refractivity (Wildman–Crippen MR) is 122 cm³/mol. The molecule has 1 aliphatic carbocycles. The Hall–Kier alpha value is -3.85. The van der Waals surface area contributed by atoms with Gasteiger partial charge in [0, 0.05) is 0 Å². The lowest BCUT2D eigenvalue weighted by atomic mass is 9.68. The summed E-state index contributed by atoms with van der Waals surface area (Å²) in [5, 5.41) is 9.94. The van der Waals surface area contributed by atoms with Crippen LogP contribution < -0.4 is 4.74 Å². The van der Waals surface area contributed by atoms with E-state index in [1.165, 1.54) is 29.2 Å². The summed E-state index contributed by atoms with van der Waals surface area (Å²) >= 11 is 0. The molecule has 0 unspecified atom stereocenters. The van der Waals surface area contributed by atoms with Crippen molar-refractivity contribution < 1.29 is 14.6 Å². The lowest BCUT2D eigenvalue weighted by Gasteiger charge is -2.34. The number of hydrogen-bond donors (Lipinski definition) is 1. The van der Waals surface area contributed by atoms with Crippen molar-refractivity contribution in [1.82, 2.24) is 0 Å². The second kappa shape index (κ2) is 7.44. The van der Waals surface area contributed by atoms with E-state index < -0.39 is 5.41 Å². The van der Waals surface area contributed by atoms with E-state index in [1.54, 1.807) is 12.1 Å². The van der Waals surface area contributed by atoms with Crippen molar-refractivity contribution in [3.63, 3.8) is 0 Å². The maximum absolute atomic E-state index is 11.3. The first-order chi connectivity index (χ1) is 15.1. The second-order valence-electron chi connectivity index (χ2n) is 7.90. The first-order valence-electron chi connectivity index (χ1n) is 10.3. The molecule has 3 nitrogen and oxygen atoms in total. The van der Waals surface area contributed by atoms with E-state index in [0.29, 0.717) is 5.75 Å². The van der Waals surface area contributed by atoms with Gasteiger partial charge in [-0.25, -0.2) is 0 Å². The lowest BCUT2D eigenvalue weighted by Crippen LogP contribution is -2.28. The van der Waals surface area contributed by atoms with Crippen LogP contribution in [0.2, 0.25) is 0 Å². The molecule has 0 heterocycles. The number of benzene rings is 4. The van der Waals surface area contributed by atoms with Crippen molar-refractivity contribution in [2.24, 2.45) is 0 Å². The van der Waals surface area contributed by atoms with Gasteiger partial charge in [0.05, 0.1) is 5.41 Å². The van der Waals surface area contributed by atoms with Gasteiger partial charge in [-0.3, -0.25) is 4.79 Å². The third-order valence-electron chi connectivity index (χ3n) is 5.98. The molecule has 0 fully saturated rings. The highest BCUT2D eigenvalue weighted by Crippen LogP contribution is 2.56. The minimum Gasteiger partial charge on any atom is -0.508 e. The molecule has 0 saturated carbocycles. The molecule has 0 radical (unpaired) electrons. The fraction of sp³-hybridized carbons (Fsp3) is 0.107. The average Bonchev–Trinajstić information content (AvgIpc) is 3.10. The van der Waals surface area contributed by atoms with Crippen molar-refractivity contribution in [2.75, 3.05) is 6.61 Å². The summed E-state index contributed by atoms with van der Waals surface area (Å²) in [6.45, 7) is 1.58. The summed E-state index contributed by atoms with van der Waals surface area (Å²) in [6.07, 6.45) is 0. The topological polar surface area (TPSA) is 46.5 Å². The van der Waals surface area contributed by atoms with Gasteiger partial charge in [-0.15, -0.1) is 0 Å². The normalized spacial score (nSPS) is 13.3. The summed E-state index contributed by atoms with van der Waals surface area (Å²) in [7, 11) is 0. The standard InChI is InChI=1S/C28H22O3/c1-19(29)18-31-23-16-12-21(13-17-23)28(20-10-14-22(30)15-11-20)26-8-4-2-6-24(26)25-7-3-5-9-27(25)28/h2-17,30H,18H2,1H3. The van der Waals surface area contributed by atoms with Crippen LogP contribution in [0.4, 0.5) is 0 Å². The number of rotatable bonds is 5. The molecule has 0 amide bonds. The minimum absolute atomic E-state index is 0.0108. The van der Waals surface area contributed by atoms with E-state index in [4.69, 9.17) is 4.74 Å². The van der Waals surface area contributed by atoms with Crippen molar-refractivity contribution in [3.05, 3.63) is 119 Å². The molecule has 0 atom stereocenters. The fourth-order valence-electron chi connectivity index (χ4n) is 4.72. The van der Waals surface area contributed by atoms with Gasteiger partial charge in [-0.05, 0) is 64.6 Å². The fourth-order valence-corrected chi connectivity index (χ4v) is 4.72. The molecule has 0 aromatic heterocycles. The maximum atomic E-state index is 11.3. The Morgan fingerprint density at radius 3 is 1.74 bits per heavy atom. The van der Waals surface area contributed by atoms with E-state index in [9.17, 15) is 9.90 Å². The predicted octanol–water partition coefficient (Wildman–Crippen LogP) is 5.72. The van der Waals surface area contributed by atoms with Crippen LogP contribution in [0.1, 0.15) is 29.2 Å². The van der Waals surface area contributed by atoms with Crippen molar-refractivity contribution in [3.8, 4) is 22.6 Å². The quantitative estimate of drug-likeness (QED) is 0.406. The molecule has 5 rings (SSSR count). The lowest BCUT2D eigenvalue weighted by molar-refractivity contribution is -0.118. The molecular formula is C28H22O3. The van der Waals surface area contributed by atoms with Gasteiger partial charge in [0.15, 0.2) is 5.78 Å². The number of aromatic hydroxyl groups is 1. The molecule has 152 valence electrons. The number of carbonyl (C=O) groups is 1. The highest BCUT2D eigenvalue weighted by Gasteiger charge is 2.45. The van der Waals surface area contributed by atoms with Crippen LogP contribution in [0.3, 0.4) is 0 Å². The van der Waals surface area contributed by atoms with Crippen LogP contribution in [0, 0.1) is 0 Å². The maximum Gasteiger partial charge on any atom is 0.167 e. The van der Waals surface area contributed by atoms with Crippen LogP contribution >= 0.6 is 0 Å². The first kappa shape index (κ1) is 19.1. The number of carbonyl (C=O) groups excluding carboxylic acids is 1. The third-order valence-corrected chi connectivity index (χ3v) is 5.98. The summed E-state index contributed by atoms with van der Waals surface area (Å²) in [5.74, 6) is 0.897. The summed E-state index contributed by atoms with van der Waals surface area (Å²) in [4.78, 5) is 11.3. The van der Waals surface area contributed by atoms with Crippen molar-refractivity contribution in [2.45, 2.75) is 12.3 Å². The van der Waals surface area contributed by atoms with E-state index in [0.717, 1.165) is 11.1 Å². The SMILES string of the molecule is CC(=O)COc1ccc(C2(c3ccc(O)cc3)c3ccccc3-c3ccccc32)cc1. The van der Waals surface area contributed by atoms with E-state index in [2.05, 4.69) is 60.7 Å². The monoisotopic (exact) mass is 406 g/mol. The van der Waals surface area contributed by atoms with Crippen LogP contribution in [0.5, 0.6) is 11.5 Å². The second-order valence-corrected chi connectivity index (χ2v) is 7.90. The van der Waals surface area contributed by atoms with Crippen molar-refractivity contribution in [1.29, 1.82) is 0 Å². The van der Waals surface area contributed by atoms with Crippen LogP contribution in [0.25, 0.3) is 11.1 Å². The molecule has 0 bridgehead atoms. The molecule has 1 N–H and O–H groups in total. The van der Waals surface area contributed by atoms with Gasteiger partial charge in [0.25, 0.3) is 0 Å². The van der Waals surface area contributed by atoms with Crippen LogP contribution in [0.15, 0.2) is 97.1 Å². The summed E-state index contributed by atoms with van der Waals surface area (Å²) in [5.41, 5.74) is 6.51. The van der Waals surface area contributed by atoms with E-state index >= 15 is 0 Å². The minimum atomic E-state index is -0.514. The summed E-state index contributed by atoms with van der Waals surface area (Å²) in [6, 6.07) is 32.4. The first-order valence-corrected chi connectivity index (χ1v) is 10.3. The molecular weight excluding hydrogens is 384 g/mol. The Labute approximate surface area is 181 Å². The Morgan fingerprint density at radius 2 is 1.23 bits per heavy atom. The van der Waals surface area contributed by atoms with Gasteiger partial charge in [-0.2, -0.15) is 0 Å². The summed E-state index contributed by atoms with van der Waals surface area (Å²) < 4.78 is 5.60. The highest BCUT2D eigenvalue weighted by atomic mass is 16.5. The molecule has 0 saturated heterocycles. The molecule has 1 aliphatic rings. The van der Waals surface area contributed by atoms with E-state index in [-0.39, 0.29) is 18.1 Å². The van der Waals surface area contributed by atoms with Gasteiger partial charge < -0.3 is 9.84 Å². The molecule has 4 aromatic carbocycles. The van der Waals surface area contributed by atoms with Crippen LogP contribution in [-0.2, 0) is 10.2 Å². The molecule has 3 heteroatoms. The Balaban J connectivity index is 1.77. The number of fused-ring (bicyclic) bond motifs is 3. The Morgan fingerprint density at radius 1 is 0.742 bits per heavy atom. The average molecular weight is 406 g/mol. The number of ketones is 1. The smallest absolute Gasteiger partial charge is 0.167 e. The van der Waals surface area contributed by atoms with Crippen molar-refractivity contribution >= 4 is 5.78 Å². The number of ether oxygens (including phenoxy) is 1. The van der Waals surface area contributed by atoms with Gasteiger partial charge in [0.1, 0.15) is 18.1 Å². The zero-order valence-corrected chi connectivity index (χ0v) is 17.2. The van der Waals surface area contributed by atoms with Crippen LogP contribution in [-0.4, -0.2) is 17.5 Å². The number of phenolic OH excluding ortho intramolecular Hbond substituents is 1. The zero-order chi connectivity index (χ0) is 21.4. The van der Waals surface area contributed by atoms with E-state index in [1.807, 2.05) is 24.3 Å². The zero-order valence-electron chi connectivity index (χ0n) is 17.2. The Bertz CT molecular complexity index is 1210. The molecule has 0 aliphatic heterocycles. The number of phenols is 1. The Kier molecular flexibility index (Phi) is 4.59. The largest absolute Gasteiger partial charge is 0.508 e. The highest BCUT2D eigenvalue weighted by molar-refractivity contribution is 5.86. The number of hydrogen-bond acceptors (Lipinski definition) is 3. The van der Waals surface area contributed by atoms with Gasteiger partial charge in [0.2, 0.25) is 0 Å². The van der Waals surface area contributed by atoms with Gasteiger partial charge in [-0.1, -0.05) is 72.8 Å². The number of Topliss-reactive ketones (excluding diaryl/α,β-unsaturated/α-hetero) is 1.